The molecule has 6 atom stereocenters. The maximum absolute atomic E-state index is 13.8. The fourth-order valence-electron chi connectivity index (χ4n) is 6.87. The summed E-state index contributed by atoms with van der Waals surface area (Å²) in [5.41, 5.74) is 5.31. The summed E-state index contributed by atoms with van der Waals surface area (Å²) in [6.07, 6.45) is -1.29. The summed E-state index contributed by atoms with van der Waals surface area (Å²) in [5.74, 6) is -0.203. The second kappa shape index (κ2) is 19.7. The van der Waals surface area contributed by atoms with Gasteiger partial charge in [-0.1, -0.05) is 72.8 Å². The van der Waals surface area contributed by atoms with Crippen molar-refractivity contribution in [1.29, 1.82) is 0 Å². The Hall–Kier alpha value is -5.58. The number of aliphatic hydroxyl groups excluding tert-OH is 1. The highest BCUT2D eigenvalue weighted by Crippen LogP contribution is 2.33. The largest absolute Gasteiger partial charge is 0.489 e. The predicted octanol–water partition coefficient (Wildman–Crippen LogP) is 4.12. The number of pyridine rings is 1. The highest BCUT2D eigenvalue weighted by Gasteiger charge is 2.44. The molecular formula is C43H51N5O10. The number of nitrogens with one attached hydrogen (secondary N) is 3. The van der Waals surface area contributed by atoms with Crippen molar-refractivity contribution < 1.29 is 48.3 Å². The maximum atomic E-state index is 13.8. The van der Waals surface area contributed by atoms with E-state index in [1.165, 1.54) is 18.9 Å². The Kier molecular flexibility index (Phi) is 14.3. The number of hydrogen-bond acceptors (Lipinski definition) is 12. The summed E-state index contributed by atoms with van der Waals surface area (Å²) in [4.78, 5) is 43.8. The quantitative estimate of drug-likeness (QED) is 0.0964. The smallest absolute Gasteiger partial charge is 0.407 e. The minimum atomic E-state index is -1.70. The zero-order valence-corrected chi connectivity index (χ0v) is 32.8. The van der Waals surface area contributed by atoms with Gasteiger partial charge in [-0.15, -0.1) is 0 Å². The van der Waals surface area contributed by atoms with Crippen molar-refractivity contribution in [1.82, 2.24) is 26.1 Å². The van der Waals surface area contributed by atoms with Gasteiger partial charge in [0.1, 0.15) is 24.5 Å². The maximum Gasteiger partial charge on any atom is 0.407 e. The third-order valence-electron chi connectivity index (χ3n) is 10.0. The molecule has 4 aromatic rings. The molecule has 3 heterocycles. The molecule has 0 bridgehead atoms. The molecule has 0 unspecified atom stereocenters. The number of hydrazine groups is 1. The lowest BCUT2D eigenvalue weighted by molar-refractivity contribution is -0.134. The summed E-state index contributed by atoms with van der Waals surface area (Å²) in [6, 6.07) is 28.0. The Morgan fingerprint density at radius 3 is 2.31 bits per heavy atom. The Morgan fingerprint density at radius 2 is 1.62 bits per heavy atom. The number of carbonyl (C=O) groups excluding carboxylic acids is 3. The van der Waals surface area contributed by atoms with E-state index in [9.17, 15) is 24.6 Å². The van der Waals surface area contributed by atoms with Crippen LogP contribution in [-0.2, 0) is 43.3 Å². The standard InChI is InChI=1S/C43H51N5O10/c1-43(2,53)38(46-41(51)54-3)39(50)47-48(24-29-12-16-31(17-13-29)34-11-7-8-21-44-34)25-36(49)35(45-42(52)58-37-27-57-40-33(37)20-22-55-40)23-28-14-18-32(19-15-28)56-26-30-9-5-4-6-10-30/h4-19,21,33,35-38,40,49,53H,20,22-27H2,1-3H3,(H,45,52)(H,46,51)(H,47,50)/t33-,35-,36-,37-,38+,40+/m0/s1. The number of alkyl carbamates (subject to hydrolysis) is 2. The van der Waals surface area contributed by atoms with Crippen molar-refractivity contribution in [2.75, 3.05) is 26.9 Å². The van der Waals surface area contributed by atoms with Gasteiger partial charge in [0, 0.05) is 24.8 Å². The van der Waals surface area contributed by atoms with E-state index in [4.69, 9.17) is 23.7 Å². The van der Waals surface area contributed by atoms with Crippen LogP contribution < -0.4 is 20.8 Å². The van der Waals surface area contributed by atoms with Crippen molar-refractivity contribution in [2.24, 2.45) is 5.92 Å². The van der Waals surface area contributed by atoms with E-state index in [1.54, 1.807) is 6.20 Å². The number of aliphatic hydroxyl groups is 2. The number of hydrogen-bond donors (Lipinski definition) is 5. The van der Waals surface area contributed by atoms with Crippen LogP contribution in [0.25, 0.3) is 11.3 Å². The number of aromatic nitrogens is 1. The van der Waals surface area contributed by atoms with E-state index in [1.807, 2.05) is 97.1 Å². The number of carbonyl (C=O) groups is 3. The molecule has 2 fully saturated rings. The number of ether oxygens (including phenoxy) is 5. The van der Waals surface area contributed by atoms with Gasteiger partial charge in [-0.3, -0.25) is 15.2 Å². The molecule has 2 aliphatic heterocycles. The number of amides is 3. The van der Waals surface area contributed by atoms with E-state index in [0.717, 1.165) is 35.1 Å². The zero-order chi connectivity index (χ0) is 41.1. The van der Waals surface area contributed by atoms with Crippen LogP contribution in [0, 0.1) is 5.92 Å². The molecule has 58 heavy (non-hydrogen) atoms. The van der Waals surface area contributed by atoms with Gasteiger partial charge in [-0.2, -0.15) is 0 Å². The van der Waals surface area contributed by atoms with Crippen LogP contribution in [0.3, 0.4) is 0 Å². The summed E-state index contributed by atoms with van der Waals surface area (Å²) in [5, 5.41) is 29.5. The number of nitrogens with zero attached hydrogens (tertiary/aromatic N) is 2. The van der Waals surface area contributed by atoms with Gasteiger partial charge in [0.2, 0.25) is 0 Å². The lowest BCUT2D eigenvalue weighted by atomic mass is 9.98. The van der Waals surface area contributed by atoms with Crippen LogP contribution in [0.2, 0.25) is 0 Å². The average molecular weight is 798 g/mol. The third-order valence-corrected chi connectivity index (χ3v) is 10.0. The van der Waals surface area contributed by atoms with E-state index in [0.29, 0.717) is 25.4 Å². The monoisotopic (exact) mass is 797 g/mol. The van der Waals surface area contributed by atoms with E-state index >= 15 is 0 Å². The lowest BCUT2D eigenvalue weighted by Crippen LogP contribution is -2.61. The fourth-order valence-corrected chi connectivity index (χ4v) is 6.87. The molecule has 1 aromatic heterocycles. The second-order valence-electron chi connectivity index (χ2n) is 14.9. The second-order valence-corrected chi connectivity index (χ2v) is 14.9. The lowest BCUT2D eigenvalue weighted by Gasteiger charge is -2.34. The van der Waals surface area contributed by atoms with Gasteiger partial charge in [0.15, 0.2) is 6.29 Å². The van der Waals surface area contributed by atoms with Crippen LogP contribution >= 0.6 is 0 Å². The molecule has 6 rings (SSSR count). The number of methoxy groups -OCH3 is 1. The zero-order valence-electron chi connectivity index (χ0n) is 32.8. The summed E-state index contributed by atoms with van der Waals surface area (Å²) in [7, 11) is 1.15. The normalized spacial score (nSPS) is 19.0. The number of rotatable bonds is 17. The van der Waals surface area contributed by atoms with E-state index < -0.39 is 54.3 Å². The van der Waals surface area contributed by atoms with Crippen molar-refractivity contribution in [2.45, 2.75) is 76.0 Å². The molecule has 2 aliphatic rings. The van der Waals surface area contributed by atoms with E-state index in [2.05, 4.69) is 21.0 Å². The molecule has 3 aromatic carbocycles. The molecule has 0 saturated carbocycles. The number of benzene rings is 3. The predicted molar refractivity (Wildman–Crippen MR) is 212 cm³/mol. The molecule has 0 spiro atoms. The van der Waals surface area contributed by atoms with Crippen molar-refractivity contribution in [3.63, 3.8) is 0 Å². The summed E-state index contributed by atoms with van der Waals surface area (Å²) in [6.45, 7) is 3.75. The Balaban J connectivity index is 1.21. The average Bonchev–Trinajstić information content (AvgIpc) is 3.85. The minimum Gasteiger partial charge on any atom is -0.489 e. The Labute approximate surface area is 337 Å². The summed E-state index contributed by atoms with van der Waals surface area (Å²) >= 11 is 0. The van der Waals surface area contributed by atoms with Gasteiger partial charge in [0.25, 0.3) is 5.91 Å². The molecule has 15 nitrogen and oxygen atoms in total. The third kappa shape index (κ3) is 11.7. The number of fused-ring (bicyclic) bond motifs is 1. The van der Waals surface area contributed by atoms with Crippen molar-refractivity contribution in [3.8, 4) is 17.0 Å². The highest BCUT2D eigenvalue weighted by molar-refractivity contribution is 5.86. The SMILES string of the molecule is COC(=O)N[C@H](C(=O)NN(Cc1ccc(-c2ccccn2)cc1)C[C@H](O)[C@H](Cc1ccc(OCc2ccccc2)cc1)NC(=O)O[C@H]1CO[C@H]2OCC[C@H]21)C(C)(C)O. The molecule has 5 N–H and O–H groups in total. The van der Waals surface area contributed by atoms with Crippen molar-refractivity contribution >= 4 is 18.1 Å². The van der Waals surface area contributed by atoms with Gasteiger partial charge >= 0.3 is 12.2 Å². The molecule has 3 amide bonds. The summed E-state index contributed by atoms with van der Waals surface area (Å²) < 4.78 is 27.7. The van der Waals surface area contributed by atoms with E-state index in [-0.39, 0.29) is 32.0 Å². The van der Waals surface area contributed by atoms with Crippen LogP contribution in [0.5, 0.6) is 5.75 Å². The van der Waals surface area contributed by atoms with Gasteiger partial charge < -0.3 is 44.5 Å². The fraction of sp³-hybridized carbons (Fsp3) is 0.395. The molecule has 15 heteroatoms. The molecular weight excluding hydrogens is 746 g/mol. The Bertz CT molecular complexity index is 1930. The minimum absolute atomic E-state index is 0.0883. The van der Waals surface area contributed by atoms with Gasteiger partial charge in [-0.05, 0) is 67.6 Å². The topological polar surface area (TPSA) is 190 Å². The highest BCUT2D eigenvalue weighted by atomic mass is 16.7. The molecule has 308 valence electrons. The first-order valence-electron chi connectivity index (χ1n) is 19.2. The van der Waals surface area contributed by atoms with Crippen LogP contribution in [-0.4, -0.2) is 101 Å². The molecule has 0 aliphatic carbocycles. The van der Waals surface area contributed by atoms with Crippen LogP contribution in [0.15, 0.2) is 103 Å². The van der Waals surface area contributed by atoms with Crippen LogP contribution in [0.4, 0.5) is 9.59 Å². The first kappa shape index (κ1) is 42.0. The van der Waals surface area contributed by atoms with Crippen LogP contribution in [0.1, 0.15) is 37.0 Å². The van der Waals surface area contributed by atoms with Crippen molar-refractivity contribution in [3.05, 3.63) is 120 Å². The van der Waals surface area contributed by atoms with Gasteiger partial charge in [-0.25, -0.2) is 14.6 Å². The van der Waals surface area contributed by atoms with Gasteiger partial charge in [0.05, 0.1) is 49.7 Å². The first-order chi connectivity index (χ1) is 27.9. The first-order valence-corrected chi connectivity index (χ1v) is 19.2. The Morgan fingerprint density at radius 1 is 0.897 bits per heavy atom. The molecule has 0 radical (unpaired) electrons. The molecule has 2 saturated heterocycles.